The van der Waals surface area contributed by atoms with E-state index in [4.69, 9.17) is 0 Å². The summed E-state index contributed by atoms with van der Waals surface area (Å²) in [7, 11) is 0. The monoisotopic (exact) mass is 247 g/mol. The van der Waals surface area contributed by atoms with Gasteiger partial charge in [-0.25, -0.2) is 0 Å². The second-order valence-electron chi connectivity index (χ2n) is 5.77. The van der Waals surface area contributed by atoms with Crippen molar-refractivity contribution in [2.45, 2.75) is 65.3 Å². The molecule has 0 bridgehead atoms. The maximum atomic E-state index is 3.61. The van der Waals surface area contributed by atoms with Crippen molar-refractivity contribution in [1.29, 1.82) is 0 Å². The summed E-state index contributed by atoms with van der Waals surface area (Å²) < 4.78 is 0. The molecule has 0 radical (unpaired) electrons. The van der Waals surface area contributed by atoms with Gasteiger partial charge in [-0.1, -0.05) is 58.9 Å². The number of rotatable bonds is 7. The fourth-order valence-corrected chi connectivity index (χ4v) is 2.19. The van der Waals surface area contributed by atoms with E-state index in [0.717, 1.165) is 13.0 Å². The zero-order valence-corrected chi connectivity index (χ0v) is 12.7. The Bertz CT molecular complexity index is 337. The van der Waals surface area contributed by atoms with Gasteiger partial charge in [0.1, 0.15) is 0 Å². The minimum atomic E-state index is 0.289. The highest BCUT2D eigenvalue weighted by molar-refractivity contribution is 5.29. The molecule has 0 amide bonds. The lowest BCUT2D eigenvalue weighted by molar-refractivity contribution is 0.502. The van der Waals surface area contributed by atoms with Gasteiger partial charge in [-0.3, -0.25) is 0 Å². The first-order chi connectivity index (χ1) is 8.55. The van der Waals surface area contributed by atoms with E-state index in [2.05, 4.69) is 64.2 Å². The third kappa shape index (κ3) is 3.84. The third-order valence-corrected chi connectivity index (χ3v) is 4.03. The molecule has 102 valence electrons. The first-order valence-electron chi connectivity index (χ1n) is 7.39. The Morgan fingerprint density at radius 3 is 2.11 bits per heavy atom. The van der Waals surface area contributed by atoms with Gasteiger partial charge in [0.05, 0.1) is 0 Å². The molecule has 1 nitrogen and oxygen atoms in total. The van der Waals surface area contributed by atoms with Crippen LogP contribution >= 0.6 is 0 Å². The molecule has 1 unspecified atom stereocenters. The van der Waals surface area contributed by atoms with E-state index in [1.54, 1.807) is 0 Å². The Hall–Kier alpha value is -0.820. The average Bonchev–Trinajstić information content (AvgIpc) is 2.40. The van der Waals surface area contributed by atoms with Gasteiger partial charge in [-0.2, -0.15) is 0 Å². The lowest BCUT2D eigenvalue weighted by atomic mass is 9.82. The second kappa shape index (κ2) is 6.94. The highest BCUT2D eigenvalue weighted by atomic mass is 14.9. The first-order valence-corrected chi connectivity index (χ1v) is 7.39. The predicted molar refractivity (Wildman–Crippen MR) is 81.1 cm³/mol. The minimum absolute atomic E-state index is 0.289. The molecular formula is C17H29N. The molecule has 1 atom stereocenters. The van der Waals surface area contributed by atoms with Crippen molar-refractivity contribution < 1.29 is 0 Å². The topological polar surface area (TPSA) is 12.0 Å². The van der Waals surface area contributed by atoms with Crippen LogP contribution < -0.4 is 5.32 Å². The quantitative estimate of drug-likeness (QED) is 0.728. The van der Waals surface area contributed by atoms with E-state index in [9.17, 15) is 0 Å². The molecule has 1 aromatic carbocycles. The van der Waals surface area contributed by atoms with Gasteiger partial charge in [-0.05, 0) is 42.3 Å². The van der Waals surface area contributed by atoms with E-state index >= 15 is 0 Å². The molecule has 0 saturated heterocycles. The summed E-state index contributed by atoms with van der Waals surface area (Å²) in [5.41, 5.74) is 3.15. The van der Waals surface area contributed by atoms with Crippen LogP contribution in [0.5, 0.6) is 0 Å². The molecule has 0 heterocycles. The zero-order valence-electron chi connectivity index (χ0n) is 12.7. The van der Waals surface area contributed by atoms with Crippen molar-refractivity contribution in [3.63, 3.8) is 0 Å². The minimum Gasteiger partial charge on any atom is -0.310 e. The molecule has 0 aromatic heterocycles. The number of nitrogens with one attached hydrogen (secondary N) is 1. The van der Waals surface area contributed by atoms with Crippen LogP contribution in [0.25, 0.3) is 0 Å². The van der Waals surface area contributed by atoms with Crippen LogP contribution in [-0.4, -0.2) is 6.54 Å². The Kier molecular flexibility index (Phi) is 5.87. The van der Waals surface area contributed by atoms with Crippen LogP contribution in [-0.2, 0) is 5.41 Å². The molecule has 0 fully saturated rings. The Morgan fingerprint density at radius 2 is 1.67 bits per heavy atom. The fraction of sp³-hybridized carbons (Fsp3) is 0.647. The summed E-state index contributed by atoms with van der Waals surface area (Å²) in [6.07, 6.45) is 3.52. The molecule has 1 aromatic rings. The molecule has 18 heavy (non-hydrogen) atoms. The summed E-state index contributed by atoms with van der Waals surface area (Å²) >= 11 is 0. The van der Waals surface area contributed by atoms with Gasteiger partial charge < -0.3 is 5.32 Å². The largest absolute Gasteiger partial charge is 0.310 e. The van der Waals surface area contributed by atoms with Crippen molar-refractivity contribution in [3.05, 3.63) is 35.4 Å². The second-order valence-corrected chi connectivity index (χ2v) is 5.77. The molecule has 0 saturated carbocycles. The standard InChI is InChI=1S/C17H29N/c1-6-13-18-16(7-2)14-9-11-15(12-10-14)17(4,5)8-3/h9-12,16,18H,6-8,13H2,1-5H3. The number of hydrogen-bond donors (Lipinski definition) is 1. The zero-order chi connectivity index (χ0) is 13.6. The summed E-state index contributed by atoms with van der Waals surface area (Å²) in [6, 6.07) is 9.70. The van der Waals surface area contributed by atoms with Gasteiger partial charge >= 0.3 is 0 Å². The predicted octanol–water partition coefficient (Wildman–Crippen LogP) is 4.82. The molecule has 1 rings (SSSR count). The number of hydrogen-bond acceptors (Lipinski definition) is 1. The lowest BCUT2D eigenvalue weighted by Gasteiger charge is -2.24. The third-order valence-electron chi connectivity index (χ3n) is 4.03. The van der Waals surface area contributed by atoms with Gasteiger partial charge in [0.15, 0.2) is 0 Å². The van der Waals surface area contributed by atoms with Crippen molar-refractivity contribution in [2.75, 3.05) is 6.54 Å². The van der Waals surface area contributed by atoms with E-state index in [1.807, 2.05) is 0 Å². The van der Waals surface area contributed by atoms with Crippen molar-refractivity contribution in [2.24, 2.45) is 0 Å². The van der Waals surface area contributed by atoms with Crippen LogP contribution in [0, 0.1) is 0 Å². The van der Waals surface area contributed by atoms with Crippen LogP contribution in [0.2, 0.25) is 0 Å². The van der Waals surface area contributed by atoms with E-state index in [0.29, 0.717) is 6.04 Å². The van der Waals surface area contributed by atoms with E-state index < -0.39 is 0 Å². The molecule has 0 aliphatic rings. The molecule has 0 spiro atoms. The van der Waals surface area contributed by atoms with Gasteiger partial charge in [0.25, 0.3) is 0 Å². The Balaban J connectivity index is 2.80. The van der Waals surface area contributed by atoms with Gasteiger partial charge in [0, 0.05) is 6.04 Å². The normalized spacial score (nSPS) is 13.6. The fourth-order valence-electron chi connectivity index (χ4n) is 2.19. The summed E-state index contributed by atoms with van der Waals surface area (Å²) in [6.45, 7) is 12.4. The summed E-state index contributed by atoms with van der Waals surface area (Å²) in [5, 5.41) is 3.61. The highest BCUT2D eigenvalue weighted by Gasteiger charge is 2.18. The average molecular weight is 247 g/mol. The lowest BCUT2D eigenvalue weighted by Crippen LogP contribution is -2.22. The molecular weight excluding hydrogens is 218 g/mol. The smallest absolute Gasteiger partial charge is 0.0317 e. The molecule has 1 heteroatoms. The molecule has 0 aliphatic heterocycles. The van der Waals surface area contributed by atoms with Crippen molar-refractivity contribution >= 4 is 0 Å². The van der Waals surface area contributed by atoms with Crippen LogP contribution in [0.3, 0.4) is 0 Å². The number of benzene rings is 1. The summed E-state index contributed by atoms with van der Waals surface area (Å²) in [5.74, 6) is 0. The van der Waals surface area contributed by atoms with Gasteiger partial charge in [-0.15, -0.1) is 0 Å². The van der Waals surface area contributed by atoms with Crippen LogP contribution in [0.15, 0.2) is 24.3 Å². The molecule has 0 aliphatic carbocycles. The van der Waals surface area contributed by atoms with E-state index in [1.165, 1.54) is 24.0 Å². The van der Waals surface area contributed by atoms with Gasteiger partial charge in [0.2, 0.25) is 0 Å². The highest BCUT2D eigenvalue weighted by Crippen LogP contribution is 2.28. The van der Waals surface area contributed by atoms with Crippen LogP contribution in [0.1, 0.15) is 71.0 Å². The first kappa shape index (κ1) is 15.2. The summed E-state index contributed by atoms with van der Waals surface area (Å²) in [4.78, 5) is 0. The Morgan fingerprint density at radius 1 is 1.06 bits per heavy atom. The SMILES string of the molecule is CCCNC(CC)c1ccc(C(C)(C)CC)cc1. The Labute approximate surface area is 113 Å². The molecule has 1 N–H and O–H groups in total. The van der Waals surface area contributed by atoms with E-state index in [-0.39, 0.29) is 5.41 Å². The maximum absolute atomic E-state index is 3.61. The maximum Gasteiger partial charge on any atom is 0.0317 e. The van der Waals surface area contributed by atoms with Crippen molar-refractivity contribution in [3.8, 4) is 0 Å². The van der Waals surface area contributed by atoms with Crippen LogP contribution in [0.4, 0.5) is 0 Å². The van der Waals surface area contributed by atoms with Crippen molar-refractivity contribution in [1.82, 2.24) is 5.32 Å².